The van der Waals surface area contributed by atoms with Gasteiger partial charge < -0.3 is 0 Å². The van der Waals surface area contributed by atoms with Gasteiger partial charge in [-0.2, -0.15) is 0 Å². The molecule has 0 aliphatic carbocycles. The van der Waals surface area contributed by atoms with Gasteiger partial charge >= 0.3 is 0 Å². The van der Waals surface area contributed by atoms with Gasteiger partial charge in [0.1, 0.15) is 0 Å². The molecule has 0 fully saturated rings. The van der Waals surface area contributed by atoms with Crippen molar-refractivity contribution in [1.29, 1.82) is 0 Å². The summed E-state index contributed by atoms with van der Waals surface area (Å²) in [6, 6.07) is 8.96. The third-order valence-corrected chi connectivity index (χ3v) is 4.40. The fourth-order valence-electron chi connectivity index (χ4n) is 2.39. The molecule has 0 bridgehead atoms. The molecule has 0 radical (unpaired) electrons. The molecule has 0 aliphatic heterocycles. The van der Waals surface area contributed by atoms with Gasteiger partial charge in [0, 0.05) is 0 Å². The van der Waals surface area contributed by atoms with Crippen LogP contribution in [0.2, 0.25) is 0 Å². The summed E-state index contributed by atoms with van der Waals surface area (Å²) in [4.78, 5) is 0. The van der Waals surface area contributed by atoms with Gasteiger partial charge in [0.15, 0.2) is 0 Å². The summed E-state index contributed by atoms with van der Waals surface area (Å²) in [5.74, 6) is 1.25. The maximum Gasteiger partial charge on any atom is -0.0187 e. The van der Waals surface area contributed by atoms with E-state index in [0.717, 1.165) is 12.8 Å². The number of aryl methyl sites for hydroxylation is 1. The Hall–Kier alpha value is -1.30. The number of hydrogen-bond donors (Lipinski definition) is 0. The second kappa shape index (κ2) is 8.87. The lowest BCUT2D eigenvalue weighted by molar-refractivity contribution is 0.683. The first-order valence-electron chi connectivity index (χ1n) is 8.30. The first-order chi connectivity index (χ1) is 9.90. The van der Waals surface area contributed by atoms with Crippen molar-refractivity contribution in [2.75, 3.05) is 0 Å². The topological polar surface area (TPSA) is 0 Å². The van der Waals surface area contributed by atoms with Gasteiger partial charge in [-0.25, -0.2) is 0 Å². The van der Waals surface area contributed by atoms with E-state index in [0.29, 0.717) is 11.8 Å². The average molecular weight is 284 g/mol. The van der Waals surface area contributed by atoms with Crippen molar-refractivity contribution in [2.24, 2.45) is 5.92 Å². The molecule has 1 aromatic rings. The Kier molecular flexibility index (Phi) is 7.50. The molecule has 0 saturated carbocycles. The van der Waals surface area contributed by atoms with Crippen molar-refractivity contribution < 1.29 is 0 Å². The molecule has 0 spiro atoms. The van der Waals surface area contributed by atoms with Gasteiger partial charge in [0.25, 0.3) is 0 Å². The molecule has 116 valence electrons. The lowest BCUT2D eigenvalue weighted by atomic mass is 9.94. The average Bonchev–Trinajstić information content (AvgIpc) is 2.45. The molecule has 0 aliphatic rings. The van der Waals surface area contributed by atoms with E-state index in [4.69, 9.17) is 0 Å². The molecule has 0 heterocycles. The van der Waals surface area contributed by atoms with E-state index >= 15 is 0 Å². The van der Waals surface area contributed by atoms with Crippen molar-refractivity contribution in [3.8, 4) is 0 Å². The number of allylic oxidation sites excluding steroid dienone is 3. The molecule has 1 atom stereocenters. The number of benzene rings is 1. The minimum Gasteiger partial charge on any atom is -0.0996 e. The fourth-order valence-corrected chi connectivity index (χ4v) is 2.39. The summed E-state index contributed by atoms with van der Waals surface area (Å²) in [5, 5.41) is 0. The summed E-state index contributed by atoms with van der Waals surface area (Å²) < 4.78 is 0. The van der Waals surface area contributed by atoms with Gasteiger partial charge in [-0.05, 0) is 56.9 Å². The summed E-state index contributed by atoms with van der Waals surface area (Å²) in [6.45, 7) is 15.3. The minimum absolute atomic E-state index is 0.611. The van der Waals surface area contributed by atoms with Crippen LogP contribution < -0.4 is 0 Å². The van der Waals surface area contributed by atoms with Crippen LogP contribution in [0.15, 0.2) is 48.1 Å². The van der Waals surface area contributed by atoms with E-state index < -0.39 is 0 Å². The summed E-state index contributed by atoms with van der Waals surface area (Å²) in [6.07, 6.45) is 7.11. The zero-order valence-electron chi connectivity index (χ0n) is 14.6. The SMILES string of the molecule is C=C(CCC(C)=CCC[C@H](C)c1ccc(C)cc1)C(C)C. The second-order valence-corrected chi connectivity index (χ2v) is 6.75. The predicted octanol–water partition coefficient (Wildman–Crippen LogP) is 6.82. The molecule has 0 saturated heterocycles. The first kappa shape index (κ1) is 17.8. The zero-order valence-corrected chi connectivity index (χ0v) is 14.6. The standard InChI is InChI=1S/C21H32/c1-16(2)19(5)13-10-17(3)8-7-9-20(6)21-14-11-18(4)12-15-21/h8,11-12,14-16,20H,5,7,9-10,13H2,1-4,6H3/t20-/m0/s1. The molecule has 0 amide bonds. The lowest BCUT2D eigenvalue weighted by Gasteiger charge is -2.12. The van der Waals surface area contributed by atoms with E-state index in [9.17, 15) is 0 Å². The van der Waals surface area contributed by atoms with Crippen molar-refractivity contribution in [3.05, 3.63) is 59.2 Å². The first-order valence-corrected chi connectivity index (χ1v) is 8.30. The maximum atomic E-state index is 4.15. The third-order valence-electron chi connectivity index (χ3n) is 4.40. The Morgan fingerprint density at radius 1 is 1.10 bits per heavy atom. The van der Waals surface area contributed by atoms with Crippen LogP contribution in [0.4, 0.5) is 0 Å². The Labute approximate surface area is 132 Å². The van der Waals surface area contributed by atoms with Crippen LogP contribution in [0.3, 0.4) is 0 Å². The van der Waals surface area contributed by atoms with Gasteiger partial charge in [-0.1, -0.05) is 74.4 Å². The lowest BCUT2D eigenvalue weighted by Crippen LogP contribution is -1.94. The molecular weight excluding hydrogens is 252 g/mol. The van der Waals surface area contributed by atoms with E-state index in [1.54, 1.807) is 0 Å². The highest BCUT2D eigenvalue weighted by molar-refractivity contribution is 5.24. The summed E-state index contributed by atoms with van der Waals surface area (Å²) >= 11 is 0. The maximum absolute atomic E-state index is 4.15. The van der Waals surface area contributed by atoms with Crippen molar-refractivity contribution in [3.63, 3.8) is 0 Å². The van der Waals surface area contributed by atoms with Crippen LogP contribution in [0.25, 0.3) is 0 Å². The van der Waals surface area contributed by atoms with Crippen molar-refractivity contribution >= 4 is 0 Å². The van der Waals surface area contributed by atoms with Crippen molar-refractivity contribution in [2.45, 2.75) is 66.2 Å². The van der Waals surface area contributed by atoms with E-state index in [2.05, 4.69) is 71.5 Å². The van der Waals surface area contributed by atoms with Crippen LogP contribution in [0, 0.1) is 12.8 Å². The second-order valence-electron chi connectivity index (χ2n) is 6.75. The molecule has 0 heteroatoms. The highest BCUT2D eigenvalue weighted by Crippen LogP contribution is 2.22. The van der Waals surface area contributed by atoms with Crippen LogP contribution in [0.5, 0.6) is 0 Å². The van der Waals surface area contributed by atoms with Gasteiger partial charge in [-0.15, -0.1) is 0 Å². The van der Waals surface area contributed by atoms with E-state index in [1.165, 1.54) is 35.1 Å². The minimum atomic E-state index is 0.611. The normalized spacial score (nSPS) is 13.5. The third kappa shape index (κ3) is 6.80. The molecule has 0 aromatic heterocycles. The van der Waals surface area contributed by atoms with Crippen molar-refractivity contribution in [1.82, 2.24) is 0 Å². The van der Waals surface area contributed by atoms with Crippen LogP contribution in [0.1, 0.15) is 70.4 Å². The van der Waals surface area contributed by atoms with E-state index in [-0.39, 0.29) is 0 Å². The number of hydrogen-bond acceptors (Lipinski definition) is 0. The molecule has 0 unspecified atom stereocenters. The Morgan fingerprint density at radius 2 is 1.71 bits per heavy atom. The van der Waals surface area contributed by atoms with Gasteiger partial charge in [0.05, 0.1) is 0 Å². The Bertz CT molecular complexity index is 459. The molecular formula is C21H32. The monoisotopic (exact) mass is 284 g/mol. The fraction of sp³-hybridized carbons (Fsp3) is 0.524. The highest BCUT2D eigenvalue weighted by atomic mass is 14.1. The Balaban J connectivity index is 2.35. The highest BCUT2D eigenvalue weighted by Gasteiger charge is 2.04. The van der Waals surface area contributed by atoms with E-state index in [1.807, 2.05) is 0 Å². The number of rotatable bonds is 8. The van der Waals surface area contributed by atoms with Gasteiger partial charge in [0.2, 0.25) is 0 Å². The smallest absolute Gasteiger partial charge is 0.0187 e. The molecule has 21 heavy (non-hydrogen) atoms. The summed E-state index contributed by atoms with van der Waals surface area (Å²) in [7, 11) is 0. The predicted molar refractivity (Wildman–Crippen MR) is 95.8 cm³/mol. The quantitative estimate of drug-likeness (QED) is 0.459. The summed E-state index contributed by atoms with van der Waals surface area (Å²) in [5.41, 5.74) is 5.68. The molecule has 1 rings (SSSR count). The van der Waals surface area contributed by atoms with Crippen LogP contribution >= 0.6 is 0 Å². The van der Waals surface area contributed by atoms with Crippen LogP contribution in [-0.2, 0) is 0 Å². The molecule has 0 N–H and O–H groups in total. The van der Waals surface area contributed by atoms with Crippen LogP contribution in [-0.4, -0.2) is 0 Å². The zero-order chi connectivity index (χ0) is 15.8. The largest absolute Gasteiger partial charge is 0.0996 e. The Morgan fingerprint density at radius 3 is 2.29 bits per heavy atom. The molecule has 0 nitrogen and oxygen atoms in total. The molecule has 1 aromatic carbocycles. The van der Waals surface area contributed by atoms with Gasteiger partial charge in [-0.3, -0.25) is 0 Å².